The Hall–Kier alpha value is -3.61. The molecule has 0 saturated heterocycles. The molecule has 0 atom stereocenters. The van der Waals surface area contributed by atoms with Crippen molar-refractivity contribution in [2.24, 2.45) is 0 Å². The average Bonchev–Trinajstić information content (AvgIpc) is 3.47. The lowest BCUT2D eigenvalue weighted by Gasteiger charge is -2.10. The van der Waals surface area contributed by atoms with E-state index in [2.05, 4.69) is 10.3 Å². The molecule has 7 heteroatoms. The Bertz CT molecular complexity index is 1180. The molecule has 4 N–H and O–H groups in total. The zero-order chi connectivity index (χ0) is 19.3. The van der Waals surface area contributed by atoms with Gasteiger partial charge in [0, 0.05) is 5.92 Å². The number of nitrogens with zero attached hydrogens (tertiary/aromatic N) is 4. The highest BCUT2D eigenvalue weighted by molar-refractivity contribution is 5.78. The fourth-order valence-corrected chi connectivity index (χ4v) is 3.37. The first-order chi connectivity index (χ1) is 13.6. The van der Waals surface area contributed by atoms with Crippen LogP contribution in [0.15, 0.2) is 54.6 Å². The summed E-state index contributed by atoms with van der Waals surface area (Å²) < 4.78 is 2.91. The van der Waals surface area contributed by atoms with Crippen LogP contribution in [0.5, 0.6) is 0 Å². The van der Waals surface area contributed by atoms with Gasteiger partial charge in [-0.15, -0.1) is 0 Å². The lowest BCUT2D eigenvalue weighted by atomic mass is 10.2. The number of nitrogens with one attached hydrogen (secondary N) is 1. The second-order valence-corrected chi connectivity index (χ2v) is 7.23. The van der Waals surface area contributed by atoms with Crippen molar-refractivity contribution in [3.8, 4) is 5.82 Å². The Kier molecular flexibility index (Phi) is 3.68. The molecule has 0 spiro atoms. The first-order valence-corrected chi connectivity index (χ1v) is 9.33. The van der Waals surface area contributed by atoms with E-state index in [0.717, 1.165) is 45.7 Å². The van der Waals surface area contributed by atoms with Crippen molar-refractivity contribution >= 4 is 28.5 Å². The van der Waals surface area contributed by atoms with Crippen LogP contribution in [0.2, 0.25) is 0 Å². The number of fused-ring (bicyclic) bond motifs is 1. The van der Waals surface area contributed by atoms with E-state index in [9.17, 15) is 5.21 Å². The van der Waals surface area contributed by atoms with E-state index in [4.69, 9.17) is 10.7 Å². The predicted molar refractivity (Wildman–Crippen MR) is 107 cm³/mol. The van der Waals surface area contributed by atoms with Gasteiger partial charge >= 0.3 is 5.95 Å². The summed E-state index contributed by atoms with van der Waals surface area (Å²) in [7, 11) is 0. The Morgan fingerprint density at radius 2 is 1.86 bits per heavy atom. The van der Waals surface area contributed by atoms with Crippen molar-refractivity contribution in [2.45, 2.75) is 25.7 Å². The highest BCUT2D eigenvalue weighted by Gasteiger charge is 2.31. The molecule has 0 aliphatic heterocycles. The third-order valence-corrected chi connectivity index (χ3v) is 5.01. The third kappa shape index (κ3) is 2.81. The number of benzene rings is 2. The number of rotatable bonds is 4. The molecule has 0 radical (unpaired) electrons. The van der Waals surface area contributed by atoms with Crippen LogP contribution in [0.1, 0.15) is 30.1 Å². The van der Waals surface area contributed by atoms with Gasteiger partial charge in [0.1, 0.15) is 5.82 Å². The number of nitrogens with two attached hydrogens (primary N) is 1. The van der Waals surface area contributed by atoms with Crippen LogP contribution in [0.3, 0.4) is 0 Å². The average molecular weight is 373 g/mol. The van der Waals surface area contributed by atoms with Crippen LogP contribution in [-0.2, 0) is 0 Å². The molecule has 5 rings (SSSR count). The zero-order valence-electron chi connectivity index (χ0n) is 15.5. The Morgan fingerprint density at radius 1 is 1.11 bits per heavy atom. The van der Waals surface area contributed by atoms with Crippen LogP contribution in [0.4, 0.5) is 17.5 Å². The van der Waals surface area contributed by atoms with Crippen LogP contribution >= 0.6 is 0 Å². The molecule has 4 aromatic rings. The Morgan fingerprint density at radius 3 is 2.61 bits per heavy atom. The standard InChI is InChI=1S/C21H20N6O/c1-13-6-10-15(11-7-13)23-21-25-19(12-18(22)27(21)28)26-17-5-3-2-4-16(17)24-20(26)14-8-9-14/h2-7,10-12,14,28H,8-9H2,1H3,(H2,22,23,25)/p+1. The molecule has 1 aliphatic rings. The van der Waals surface area contributed by atoms with Gasteiger partial charge in [-0.25, -0.2) is 4.98 Å². The number of aryl methyl sites for hydroxylation is 1. The van der Waals surface area contributed by atoms with E-state index in [-0.39, 0.29) is 11.8 Å². The van der Waals surface area contributed by atoms with Gasteiger partial charge in [-0.2, -0.15) is 0 Å². The summed E-state index contributed by atoms with van der Waals surface area (Å²) in [6.07, 6.45) is 2.25. The number of imidazole rings is 1. The molecule has 0 unspecified atom stereocenters. The van der Waals surface area contributed by atoms with Crippen molar-refractivity contribution in [2.75, 3.05) is 11.1 Å². The lowest BCUT2D eigenvalue weighted by molar-refractivity contribution is -0.883. The van der Waals surface area contributed by atoms with Gasteiger partial charge in [-0.3, -0.25) is 9.88 Å². The van der Waals surface area contributed by atoms with Gasteiger partial charge in [0.25, 0.3) is 0 Å². The second-order valence-electron chi connectivity index (χ2n) is 7.23. The summed E-state index contributed by atoms with van der Waals surface area (Å²) in [6.45, 7) is 2.02. The molecule has 1 saturated carbocycles. The maximum atomic E-state index is 10.4. The normalized spacial score (nSPS) is 13.8. The molecule has 1 aliphatic carbocycles. The molecule has 0 bridgehead atoms. The minimum atomic E-state index is 0.194. The number of hydrogen-bond acceptors (Lipinski definition) is 5. The highest BCUT2D eigenvalue weighted by atomic mass is 16.5. The quantitative estimate of drug-likeness (QED) is 0.376. The maximum absolute atomic E-state index is 10.4. The Balaban J connectivity index is 1.65. The largest absolute Gasteiger partial charge is 0.390 e. The van der Waals surface area contributed by atoms with E-state index < -0.39 is 0 Å². The molecule has 0 amide bonds. The first-order valence-electron chi connectivity index (χ1n) is 9.33. The summed E-state index contributed by atoms with van der Waals surface area (Å²) in [5, 5.41) is 13.5. The number of aromatic nitrogens is 4. The number of anilines is 3. The predicted octanol–water partition coefficient (Wildman–Crippen LogP) is 3.46. The molecule has 7 nitrogen and oxygen atoms in total. The molecule has 2 aromatic heterocycles. The lowest BCUT2D eigenvalue weighted by Crippen LogP contribution is -2.38. The second kappa shape index (κ2) is 6.23. The van der Waals surface area contributed by atoms with Crippen molar-refractivity contribution < 1.29 is 9.94 Å². The van der Waals surface area contributed by atoms with Crippen LogP contribution in [0, 0.1) is 6.92 Å². The van der Waals surface area contributed by atoms with Gasteiger partial charge in [-0.05, 0) is 48.8 Å². The Labute approximate surface area is 162 Å². The van der Waals surface area contributed by atoms with E-state index >= 15 is 0 Å². The van der Waals surface area contributed by atoms with Crippen LogP contribution in [-0.4, -0.2) is 19.7 Å². The molecule has 140 valence electrons. The monoisotopic (exact) mass is 373 g/mol. The number of para-hydroxylation sites is 2. The van der Waals surface area contributed by atoms with E-state index in [1.807, 2.05) is 60.0 Å². The minimum absolute atomic E-state index is 0.194. The number of nitrogen functional groups attached to an aromatic ring is 1. The van der Waals surface area contributed by atoms with Gasteiger partial charge in [0.2, 0.25) is 11.6 Å². The summed E-state index contributed by atoms with van der Waals surface area (Å²) in [5.41, 5.74) is 9.97. The van der Waals surface area contributed by atoms with E-state index in [0.29, 0.717) is 11.7 Å². The SMILES string of the molecule is Cc1ccc(Nc2nc(-n3c(C4CC4)nc4ccccc43)cc(N)[n+]2O)cc1. The fraction of sp³-hybridized carbons (Fsp3) is 0.190. The molecule has 2 heterocycles. The molecule has 28 heavy (non-hydrogen) atoms. The first kappa shape index (κ1) is 16.6. The molecule has 2 aromatic carbocycles. The summed E-state index contributed by atoms with van der Waals surface area (Å²) >= 11 is 0. The van der Waals surface area contributed by atoms with Gasteiger partial charge in [-0.1, -0.05) is 34.8 Å². The van der Waals surface area contributed by atoms with Crippen molar-refractivity contribution in [3.05, 3.63) is 66.0 Å². The fourth-order valence-electron chi connectivity index (χ4n) is 3.37. The van der Waals surface area contributed by atoms with E-state index in [1.54, 1.807) is 6.07 Å². The highest BCUT2D eigenvalue weighted by Crippen LogP contribution is 2.41. The maximum Gasteiger partial charge on any atom is 0.390 e. The van der Waals surface area contributed by atoms with Gasteiger partial charge < -0.3 is 10.9 Å². The van der Waals surface area contributed by atoms with Crippen molar-refractivity contribution in [1.29, 1.82) is 0 Å². The topological polar surface area (TPSA) is 92.9 Å². The summed E-state index contributed by atoms with van der Waals surface area (Å²) in [4.78, 5) is 9.48. The third-order valence-electron chi connectivity index (χ3n) is 5.01. The molecule has 1 fully saturated rings. The number of hydrogen-bond donors (Lipinski definition) is 3. The van der Waals surface area contributed by atoms with Crippen LogP contribution in [0.25, 0.3) is 16.9 Å². The molecular formula is C21H21N6O+. The van der Waals surface area contributed by atoms with Crippen molar-refractivity contribution in [3.63, 3.8) is 0 Å². The smallest absolute Gasteiger partial charge is 0.382 e. The zero-order valence-corrected chi connectivity index (χ0v) is 15.5. The van der Waals surface area contributed by atoms with Gasteiger partial charge in [0.15, 0.2) is 0 Å². The summed E-state index contributed by atoms with van der Waals surface area (Å²) in [6, 6.07) is 17.5. The van der Waals surface area contributed by atoms with Crippen molar-refractivity contribution in [1.82, 2.24) is 14.5 Å². The van der Waals surface area contributed by atoms with E-state index in [1.165, 1.54) is 0 Å². The van der Waals surface area contributed by atoms with Crippen LogP contribution < -0.4 is 15.8 Å². The summed E-state index contributed by atoms with van der Waals surface area (Å²) in [5.74, 6) is 2.50. The molecular weight excluding hydrogens is 352 g/mol. The van der Waals surface area contributed by atoms with Gasteiger partial charge in [0.05, 0.1) is 22.8 Å². The minimum Gasteiger partial charge on any atom is -0.382 e.